The molecule has 3 aromatic heterocycles. The summed E-state index contributed by atoms with van der Waals surface area (Å²) in [5.41, 5.74) is 9.91. The van der Waals surface area contributed by atoms with Gasteiger partial charge in [-0.1, -0.05) is 43.3 Å². The zero-order valence-corrected chi connectivity index (χ0v) is 20.7. The highest BCUT2D eigenvalue weighted by molar-refractivity contribution is 5.72. The van der Waals surface area contributed by atoms with Crippen molar-refractivity contribution in [2.45, 2.75) is 19.3 Å². The Labute approximate surface area is 206 Å². The number of aryl methyl sites for hydroxylation is 2. The first kappa shape index (κ1) is 25.7. The van der Waals surface area contributed by atoms with Crippen LogP contribution in [0, 0.1) is 0 Å². The van der Waals surface area contributed by atoms with Crippen molar-refractivity contribution in [1.29, 1.82) is 0 Å². The molecule has 1 aromatic carbocycles. The molecular formula is C27H35N7O. The van der Waals surface area contributed by atoms with Gasteiger partial charge in [-0.2, -0.15) is 5.10 Å². The van der Waals surface area contributed by atoms with Crippen molar-refractivity contribution in [2.75, 3.05) is 30.7 Å². The van der Waals surface area contributed by atoms with Gasteiger partial charge in [-0.15, -0.1) is 0 Å². The molecule has 0 radical (unpaired) electrons. The fraction of sp³-hybridized carbons (Fsp3) is 0.296. The number of nitrogen functional groups attached to an aromatic ring is 1. The van der Waals surface area contributed by atoms with Crippen LogP contribution >= 0.6 is 0 Å². The molecule has 1 atom stereocenters. The molecule has 0 fully saturated rings. The summed E-state index contributed by atoms with van der Waals surface area (Å²) in [6, 6.07) is 17.7. The third-order valence-electron chi connectivity index (χ3n) is 5.62. The van der Waals surface area contributed by atoms with E-state index in [1.54, 1.807) is 28.6 Å². The summed E-state index contributed by atoms with van der Waals surface area (Å²) in [4.78, 5) is 16.0. The van der Waals surface area contributed by atoms with Crippen LogP contribution < -0.4 is 21.9 Å². The van der Waals surface area contributed by atoms with Crippen molar-refractivity contribution in [2.24, 2.45) is 14.1 Å². The van der Waals surface area contributed by atoms with Crippen LogP contribution in [0.15, 0.2) is 84.2 Å². The lowest BCUT2D eigenvalue weighted by Crippen LogP contribution is -2.24. The van der Waals surface area contributed by atoms with E-state index in [1.807, 2.05) is 74.2 Å². The quantitative estimate of drug-likeness (QED) is 0.321. The minimum Gasteiger partial charge on any atom is -0.382 e. The minimum atomic E-state index is 0.0262. The predicted molar refractivity (Wildman–Crippen MR) is 143 cm³/mol. The standard InChI is InChI=1S/C21H29N7O.C6H6/c1-15(16-5-8-27(2)20(29)10-16)11-23-6-4-7-24-19-9-17(12-25-21(19)22)18-13-26-28(3)14-18;1-2-4-6-5-3-1/h5,8-10,12-15,23-24H,4,6-7,11H2,1-3H3,(H2,22,25);1-6H. The van der Waals surface area contributed by atoms with Gasteiger partial charge in [0, 0.05) is 63.0 Å². The van der Waals surface area contributed by atoms with E-state index in [9.17, 15) is 4.79 Å². The number of anilines is 2. The number of benzene rings is 1. The van der Waals surface area contributed by atoms with Gasteiger partial charge in [-0.25, -0.2) is 4.98 Å². The van der Waals surface area contributed by atoms with Crippen LogP contribution in [0.1, 0.15) is 24.8 Å². The monoisotopic (exact) mass is 473 g/mol. The molecular weight excluding hydrogens is 438 g/mol. The summed E-state index contributed by atoms with van der Waals surface area (Å²) < 4.78 is 3.35. The van der Waals surface area contributed by atoms with Gasteiger partial charge in [-0.3, -0.25) is 9.48 Å². The van der Waals surface area contributed by atoms with Gasteiger partial charge in [-0.05, 0) is 36.6 Å². The molecule has 0 bridgehead atoms. The Hall–Kier alpha value is -3.91. The first-order chi connectivity index (χ1) is 16.9. The Balaban J connectivity index is 0.000000497. The topological polar surface area (TPSA) is 103 Å². The van der Waals surface area contributed by atoms with Gasteiger partial charge in [0.05, 0.1) is 11.9 Å². The lowest BCUT2D eigenvalue weighted by atomic mass is 10.0. The molecule has 0 saturated carbocycles. The molecule has 8 nitrogen and oxygen atoms in total. The van der Waals surface area contributed by atoms with E-state index in [0.717, 1.165) is 48.4 Å². The number of aromatic nitrogens is 4. The van der Waals surface area contributed by atoms with Crippen LogP contribution in [0.2, 0.25) is 0 Å². The average molecular weight is 474 g/mol. The molecule has 0 aliphatic carbocycles. The van der Waals surface area contributed by atoms with Crippen molar-refractivity contribution in [3.63, 3.8) is 0 Å². The third-order valence-corrected chi connectivity index (χ3v) is 5.62. The maximum Gasteiger partial charge on any atom is 0.250 e. The predicted octanol–water partition coefficient (Wildman–Crippen LogP) is 3.64. The largest absolute Gasteiger partial charge is 0.382 e. The molecule has 35 heavy (non-hydrogen) atoms. The van der Waals surface area contributed by atoms with Gasteiger partial charge in [0.1, 0.15) is 5.82 Å². The van der Waals surface area contributed by atoms with Gasteiger partial charge in [0.15, 0.2) is 0 Å². The number of hydrogen-bond acceptors (Lipinski definition) is 6. The molecule has 3 heterocycles. The second-order valence-corrected chi connectivity index (χ2v) is 8.51. The van der Waals surface area contributed by atoms with E-state index in [2.05, 4.69) is 27.6 Å². The van der Waals surface area contributed by atoms with E-state index >= 15 is 0 Å². The zero-order valence-electron chi connectivity index (χ0n) is 20.7. The van der Waals surface area contributed by atoms with Crippen molar-refractivity contribution in [3.05, 3.63) is 95.3 Å². The molecule has 0 spiro atoms. The van der Waals surface area contributed by atoms with Crippen LogP contribution in [-0.4, -0.2) is 39.0 Å². The van der Waals surface area contributed by atoms with E-state index < -0.39 is 0 Å². The van der Waals surface area contributed by atoms with Crippen molar-refractivity contribution < 1.29 is 0 Å². The molecule has 184 valence electrons. The summed E-state index contributed by atoms with van der Waals surface area (Å²) in [5.74, 6) is 0.776. The van der Waals surface area contributed by atoms with Crippen molar-refractivity contribution in [3.8, 4) is 11.1 Å². The van der Waals surface area contributed by atoms with Gasteiger partial charge in [0.2, 0.25) is 0 Å². The molecule has 0 saturated heterocycles. The summed E-state index contributed by atoms with van der Waals surface area (Å²) in [6.07, 6.45) is 8.28. The highest BCUT2D eigenvalue weighted by Gasteiger charge is 2.07. The average Bonchev–Trinajstić information content (AvgIpc) is 3.31. The Bertz CT molecular complexity index is 1210. The van der Waals surface area contributed by atoms with E-state index in [1.165, 1.54) is 0 Å². The van der Waals surface area contributed by atoms with Crippen LogP contribution in [0.4, 0.5) is 11.5 Å². The SMILES string of the molecule is CC(CNCCCNc1cc(-c2cnn(C)c2)cnc1N)c1ccn(C)c(=O)c1.c1ccccc1. The molecule has 4 N–H and O–H groups in total. The van der Waals surface area contributed by atoms with Crippen LogP contribution in [0.3, 0.4) is 0 Å². The first-order valence-electron chi connectivity index (χ1n) is 11.8. The smallest absolute Gasteiger partial charge is 0.250 e. The number of nitrogens with one attached hydrogen (secondary N) is 2. The first-order valence-corrected chi connectivity index (χ1v) is 11.8. The van der Waals surface area contributed by atoms with Crippen LogP contribution in [0.5, 0.6) is 0 Å². The van der Waals surface area contributed by atoms with Crippen molar-refractivity contribution in [1.82, 2.24) is 24.6 Å². The summed E-state index contributed by atoms with van der Waals surface area (Å²) in [6.45, 7) is 4.61. The lowest BCUT2D eigenvalue weighted by Gasteiger charge is -2.14. The normalized spacial score (nSPS) is 11.4. The Kier molecular flexibility index (Phi) is 9.62. The lowest BCUT2D eigenvalue weighted by molar-refractivity contribution is 0.601. The maximum atomic E-state index is 11.8. The molecule has 8 heteroatoms. The summed E-state index contributed by atoms with van der Waals surface area (Å²) in [7, 11) is 3.65. The van der Waals surface area contributed by atoms with Gasteiger partial charge >= 0.3 is 0 Å². The van der Waals surface area contributed by atoms with Crippen LogP contribution in [0.25, 0.3) is 11.1 Å². The molecule has 4 aromatic rings. The Morgan fingerprint density at radius 2 is 1.71 bits per heavy atom. The Morgan fingerprint density at radius 3 is 2.34 bits per heavy atom. The summed E-state index contributed by atoms with van der Waals surface area (Å²) in [5, 5.41) is 11.0. The van der Waals surface area contributed by atoms with Gasteiger partial charge in [0.25, 0.3) is 5.56 Å². The second-order valence-electron chi connectivity index (χ2n) is 8.51. The third kappa shape index (κ3) is 8.12. The van der Waals surface area contributed by atoms with Crippen molar-refractivity contribution >= 4 is 11.5 Å². The Morgan fingerprint density at radius 1 is 1.00 bits per heavy atom. The molecule has 0 amide bonds. The van der Waals surface area contributed by atoms with Crippen LogP contribution in [-0.2, 0) is 14.1 Å². The fourth-order valence-corrected chi connectivity index (χ4v) is 3.47. The summed E-state index contributed by atoms with van der Waals surface area (Å²) >= 11 is 0. The second kappa shape index (κ2) is 13.1. The van der Waals surface area contributed by atoms with E-state index in [-0.39, 0.29) is 11.5 Å². The molecule has 4 rings (SSSR count). The molecule has 1 unspecified atom stereocenters. The molecule has 0 aliphatic rings. The highest BCUT2D eigenvalue weighted by atomic mass is 16.1. The van der Waals surface area contributed by atoms with E-state index in [0.29, 0.717) is 5.82 Å². The van der Waals surface area contributed by atoms with E-state index in [4.69, 9.17) is 5.73 Å². The zero-order chi connectivity index (χ0) is 25.0. The fourth-order valence-electron chi connectivity index (χ4n) is 3.47. The van der Waals surface area contributed by atoms with Gasteiger partial charge < -0.3 is 20.9 Å². The number of pyridine rings is 2. The number of nitrogens with two attached hydrogens (primary N) is 1. The maximum absolute atomic E-state index is 11.8. The number of hydrogen-bond donors (Lipinski definition) is 3. The molecule has 0 aliphatic heterocycles. The number of nitrogens with zero attached hydrogens (tertiary/aromatic N) is 4. The highest BCUT2D eigenvalue weighted by Crippen LogP contribution is 2.24. The number of rotatable bonds is 9. The minimum absolute atomic E-state index is 0.0262.